The van der Waals surface area contributed by atoms with Crippen molar-refractivity contribution in [3.63, 3.8) is 0 Å². The standard InChI is InChI=1S/C12H26N2O/c1-3-5-8-14(4-2)12(11-13)6-9-15-10-7-12/h3-11,13H2,1-2H3. The molecule has 1 heterocycles. The number of unbranched alkanes of at least 4 members (excludes halogenated alkanes) is 1. The first-order valence-corrected chi connectivity index (χ1v) is 6.32. The molecule has 15 heavy (non-hydrogen) atoms. The third kappa shape index (κ3) is 3.16. The number of hydrogen-bond acceptors (Lipinski definition) is 3. The smallest absolute Gasteiger partial charge is 0.0484 e. The van der Waals surface area contributed by atoms with Gasteiger partial charge in [-0.1, -0.05) is 20.3 Å². The van der Waals surface area contributed by atoms with Gasteiger partial charge in [-0.05, 0) is 32.4 Å². The fourth-order valence-corrected chi connectivity index (χ4v) is 2.48. The lowest BCUT2D eigenvalue weighted by molar-refractivity contribution is -0.0226. The van der Waals surface area contributed by atoms with Crippen LogP contribution in [0.3, 0.4) is 0 Å². The lowest BCUT2D eigenvalue weighted by Crippen LogP contribution is -2.57. The highest BCUT2D eigenvalue weighted by atomic mass is 16.5. The SMILES string of the molecule is CCCCN(CC)C1(CN)CCOCC1. The molecular formula is C12H26N2O. The fourth-order valence-electron chi connectivity index (χ4n) is 2.48. The maximum absolute atomic E-state index is 5.99. The summed E-state index contributed by atoms with van der Waals surface area (Å²) in [6, 6.07) is 0. The molecule has 90 valence electrons. The predicted molar refractivity (Wildman–Crippen MR) is 64.0 cm³/mol. The highest BCUT2D eigenvalue weighted by Gasteiger charge is 2.35. The van der Waals surface area contributed by atoms with Crippen molar-refractivity contribution in [2.45, 2.75) is 45.1 Å². The van der Waals surface area contributed by atoms with Gasteiger partial charge in [0.25, 0.3) is 0 Å². The van der Waals surface area contributed by atoms with Crippen LogP contribution >= 0.6 is 0 Å². The molecule has 1 fully saturated rings. The highest BCUT2D eigenvalue weighted by Crippen LogP contribution is 2.27. The molecule has 1 aliphatic rings. The van der Waals surface area contributed by atoms with Gasteiger partial charge < -0.3 is 10.5 Å². The minimum absolute atomic E-state index is 0.224. The van der Waals surface area contributed by atoms with Crippen LogP contribution < -0.4 is 5.73 Å². The zero-order valence-corrected chi connectivity index (χ0v) is 10.3. The van der Waals surface area contributed by atoms with Crippen LogP contribution in [-0.2, 0) is 4.74 Å². The third-order valence-electron chi connectivity index (χ3n) is 3.64. The monoisotopic (exact) mass is 214 g/mol. The van der Waals surface area contributed by atoms with Crippen LogP contribution in [0.4, 0.5) is 0 Å². The first-order valence-electron chi connectivity index (χ1n) is 6.32. The highest BCUT2D eigenvalue weighted by molar-refractivity contribution is 4.93. The molecule has 1 saturated heterocycles. The van der Waals surface area contributed by atoms with Crippen molar-refractivity contribution >= 4 is 0 Å². The van der Waals surface area contributed by atoms with Crippen molar-refractivity contribution in [1.29, 1.82) is 0 Å². The maximum atomic E-state index is 5.99. The molecule has 0 radical (unpaired) electrons. The Kier molecular flexibility index (Phi) is 5.58. The minimum atomic E-state index is 0.224. The van der Waals surface area contributed by atoms with E-state index in [-0.39, 0.29) is 5.54 Å². The number of likely N-dealkylation sites (N-methyl/N-ethyl adjacent to an activating group) is 1. The van der Waals surface area contributed by atoms with Crippen LogP contribution in [0.5, 0.6) is 0 Å². The van der Waals surface area contributed by atoms with Crippen LogP contribution in [-0.4, -0.2) is 43.3 Å². The molecule has 0 saturated carbocycles. The minimum Gasteiger partial charge on any atom is -0.381 e. The average molecular weight is 214 g/mol. The predicted octanol–water partition coefficient (Wildman–Crippen LogP) is 1.62. The van der Waals surface area contributed by atoms with Crippen molar-refractivity contribution in [3.8, 4) is 0 Å². The van der Waals surface area contributed by atoms with Crippen LogP contribution in [0.1, 0.15) is 39.5 Å². The Bertz CT molecular complexity index is 167. The van der Waals surface area contributed by atoms with Gasteiger partial charge in [-0.15, -0.1) is 0 Å². The summed E-state index contributed by atoms with van der Waals surface area (Å²) >= 11 is 0. The quantitative estimate of drug-likeness (QED) is 0.730. The largest absolute Gasteiger partial charge is 0.381 e. The Morgan fingerprint density at radius 3 is 2.40 bits per heavy atom. The van der Waals surface area contributed by atoms with E-state index in [4.69, 9.17) is 10.5 Å². The van der Waals surface area contributed by atoms with Gasteiger partial charge in [0, 0.05) is 25.3 Å². The molecule has 0 atom stereocenters. The molecule has 0 aliphatic carbocycles. The van der Waals surface area contributed by atoms with Gasteiger partial charge in [0.2, 0.25) is 0 Å². The van der Waals surface area contributed by atoms with E-state index in [1.54, 1.807) is 0 Å². The van der Waals surface area contributed by atoms with E-state index >= 15 is 0 Å². The van der Waals surface area contributed by atoms with Crippen molar-refractivity contribution in [2.24, 2.45) is 5.73 Å². The molecule has 3 heteroatoms. The van der Waals surface area contributed by atoms with E-state index in [1.807, 2.05) is 0 Å². The second kappa shape index (κ2) is 6.46. The van der Waals surface area contributed by atoms with Gasteiger partial charge in [-0.25, -0.2) is 0 Å². The Balaban J connectivity index is 2.58. The van der Waals surface area contributed by atoms with E-state index in [1.165, 1.54) is 19.4 Å². The Morgan fingerprint density at radius 1 is 1.27 bits per heavy atom. The zero-order valence-electron chi connectivity index (χ0n) is 10.3. The lowest BCUT2D eigenvalue weighted by atomic mass is 9.87. The van der Waals surface area contributed by atoms with Crippen molar-refractivity contribution in [1.82, 2.24) is 4.90 Å². The number of nitrogens with two attached hydrogens (primary N) is 1. The first kappa shape index (κ1) is 12.9. The first-order chi connectivity index (χ1) is 7.29. The van der Waals surface area contributed by atoms with Gasteiger partial charge in [0.15, 0.2) is 0 Å². The summed E-state index contributed by atoms with van der Waals surface area (Å²) in [5, 5.41) is 0. The van der Waals surface area contributed by atoms with Crippen molar-refractivity contribution in [2.75, 3.05) is 32.8 Å². The van der Waals surface area contributed by atoms with Crippen molar-refractivity contribution < 1.29 is 4.74 Å². The second-order valence-electron chi connectivity index (χ2n) is 4.47. The molecule has 1 rings (SSSR count). The molecular weight excluding hydrogens is 188 g/mol. The van der Waals surface area contributed by atoms with Gasteiger partial charge in [-0.3, -0.25) is 4.90 Å². The van der Waals surface area contributed by atoms with Crippen LogP contribution in [0.25, 0.3) is 0 Å². The van der Waals surface area contributed by atoms with Crippen LogP contribution in [0, 0.1) is 0 Å². The van der Waals surface area contributed by atoms with Crippen LogP contribution in [0.15, 0.2) is 0 Å². The molecule has 0 bridgehead atoms. The summed E-state index contributed by atoms with van der Waals surface area (Å²) < 4.78 is 5.44. The molecule has 2 N–H and O–H groups in total. The van der Waals surface area contributed by atoms with E-state index in [0.29, 0.717) is 0 Å². The number of ether oxygens (including phenoxy) is 1. The summed E-state index contributed by atoms with van der Waals surface area (Å²) in [6.07, 6.45) is 4.73. The number of hydrogen-bond donors (Lipinski definition) is 1. The summed E-state index contributed by atoms with van der Waals surface area (Å²) in [6.45, 7) is 9.30. The van der Waals surface area contributed by atoms with Gasteiger partial charge in [0.1, 0.15) is 0 Å². The lowest BCUT2D eigenvalue weighted by Gasteiger charge is -2.45. The molecule has 0 amide bonds. The zero-order chi connectivity index (χ0) is 11.1. The summed E-state index contributed by atoms with van der Waals surface area (Å²) in [4.78, 5) is 2.57. The molecule has 0 aromatic carbocycles. The van der Waals surface area contributed by atoms with E-state index < -0.39 is 0 Å². The number of nitrogens with zero attached hydrogens (tertiary/aromatic N) is 1. The third-order valence-corrected chi connectivity index (χ3v) is 3.64. The van der Waals surface area contributed by atoms with Gasteiger partial charge in [-0.2, -0.15) is 0 Å². The van der Waals surface area contributed by atoms with E-state index in [2.05, 4.69) is 18.7 Å². The summed E-state index contributed by atoms with van der Waals surface area (Å²) in [5.74, 6) is 0. The summed E-state index contributed by atoms with van der Waals surface area (Å²) in [5.41, 5.74) is 6.21. The second-order valence-corrected chi connectivity index (χ2v) is 4.47. The Morgan fingerprint density at radius 2 is 1.93 bits per heavy atom. The molecule has 3 nitrogen and oxygen atoms in total. The van der Waals surface area contributed by atoms with E-state index in [9.17, 15) is 0 Å². The van der Waals surface area contributed by atoms with Crippen LogP contribution in [0.2, 0.25) is 0 Å². The molecule has 0 unspecified atom stereocenters. The Hall–Kier alpha value is -0.120. The Labute approximate surface area is 94.0 Å². The molecule has 0 spiro atoms. The molecule has 0 aromatic heterocycles. The van der Waals surface area contributed by atoms with Gasteiger partial charge >= 0.3 is 0 Å². The normalized spacial score (nSPS) is 20.8. The fraction of sp³-hybridized carbons (Fsp3) is 1.00. The average Bonchev–Trinajstić information content (AvgIpc) is 2.31. The van der Waals surface area contributed by atoms with Crippen molar-refractivity contribution in [3.05, 3.63) is 0 Å². The topological polar surface area (TPSA) is 38.5 Å². The molecule has 1 aliphatic heterocycles. The maximum Gasteiger partial charge on any atom is 0.0484 e. The van der Waals surface area contributed by atoms with Gasteiger partial charge in [0.05, 0.1) is 0 Å². The molecule has 0 aromatic rings. The van der Waals surface area contributed by atoms with E-state index in [0.717, 1.165) is 39.1 Å². The number of rotatable bonds is 6. The summed E-state index contributed by atoms with van der Waals surface area (Å²) in [7, 11) is 0.